The molecule has 0 radical (unpaired) electrons. The molecule has 0 aromatic heterocycles. The van der Waals surface area contributed by atoms with E-state index in [2.05, 4.69) is 46.8 Å². The Balaban J connectivity index is 1.50. The maximum absolute atomic E-state index is 13.3. The fourth-order valence-corrected chi connectivity index (χ4v) is 10.2. The molecule has 0 saturated heterocycles. The number of allylic oxidation sites excluding steroid dienone is 3. The molecule has 0 bridgehead atoms. The molecule has 196 valence electrons. The second-order valence-corrected chi connectivity index (χ2v) is 13.4. The van der Waals surface area contributed by atoms with Gasteiger partial charge in [-0.25, -0.2) is 0 Å². The first-order valence-electron chi connectivity index (χ1n) is 14.8. The summed E-state index contributed by atoms with van der Waals surface area (Å²) >= 11 is 0. The van der Waals surface area contributed by atoms with E-state index in [1.807, 2.05) is 7.11 Å². The lowest BCUT2D eigenvalue weighted by atomic mass is 9.42. The minimum absolute atomic E-state index is 0.0780. The van der Waals surface area contributed by atoms with Crippen LogP contribution in [0.2, 0.25) is 0 Å². The summed E-state index contributed by atoms with van der Waals surface area (Å²) in [5.74, 6) is 3.11. The summed E-state index contributed by atoms with van der Waals surface area (Å²) in [7, 11) is 1.82. The van der Waals surface area contributed by atoms with E-state index in [4.69, 9.17) is 9.47 Å². The van der Waals surface area contributed by atoms with Gasteiger partial charge < -0.3 is 14.3 Å². The summed E-state index contributed by atoms with van der Waals surface area (Å²) in [6.45, 7) is 11.9. The largest absolute Gasteiger partial charge is 0.353 e. The Labute approximate surface area is 214 Å². The molecule has 5 aliphatic rings. The van der Waals surface area contributed by atoms with E-state index in [0.717, 1.165) is 31.6 Å². The molecule has 4 unspecified atom stereocenters. The molecule has 3 nitrogen and oxygen atoms in total. The quantitative estimate of drug-likeness (QED) is 0.227. The van der Waals surface area contributed by atoms with Gasteiger partial charge >= 0.3 is 0 Å². The topological polar surface area (TPSA) is 35.5 Å². The Kier molecular flexibility index (Phi) is 6.92. The minimum Gasteiger partial charge on any atom is -0.353 e. The Morgan fingerprint density at radius 2 is 1.74 bits per heavy atom. The van der Waals surface area contributed by atoms with E-state index in [0.29, 0.717) is 35.0 Å². The molecule has 4 fully saturated rings. The highest BCUT2D eigenvalue weighted by Crippen LogP contribution is 2.69. The molecule has 5 rings (SSSR count). The van der Waals surface area contributed by atoms with Gasteiger partial charge in [-0.1, -0.05) is 44.9 Å². The van der Waals surface area contributed by atoms with Crippen LogP contribution in [0, 0.1) is 46.3 Å². The summed E-state index contributed by atoms with van der Waals surface area (Å²) in [5, 5.41) is 0. The molecule has 0 aromatic rings. The molecule has 9 atom stereocenters. The number of aldehydes is 1. The van der Waals surface area contributed by atoms with Crippen LogP contribution in [0.3, 0.4) is 0 Å². The van der Waals surface area contributed by atoms with Crippen molar-refractivity contribution in [2.24, 2.45) is 46.3 Å². The number of methoxy groups -OCH3 is 1. The minimum atomic E-state index is -0.438. The summed E-state index contributed by atoms with van der Waals surface area (Å²) in [5.41, 5.74) is 2.90. The lowest BCUT2D eigenvalue weighted by molar-refractivity contribution is -0.259. The predicted octanol–water partition coefficient (Wildman–Crippen LogP) is 7.89. The first-order valence-corrected chi connectivity index (χ1v) is 14.8. The lowest BCUT2D eigenvalue weighted by Gasteiger charge is -2.62. The van der Waals surface area contributed by atoms with Crippen molar-refractivity contribution in [1.29, 1.82) is 0 Å². The van der Waals surface area contributed by atoms with E-state index in [1.54, 1.807) is 0 Å². The number of carbonyl (C=O) groups excluding carboxylic acids is 1. The maximum Gasteiger partial charge on any atom is 0.168 e. The van der Waals surface area contributed by atoms with Gasteiger partial charge in [-0.15, -0.1) is 0 Å². The van der Waals surface area contributed by atoms with Crippen molar-refractivity contribution in [3.05, 3.63) is 23.3 Å². The maximum atomic E-state index is 13.3. The van der Waals surface area contributed by atoms with Crippen molar-refractivity contribution in [3.8, 4) is 0 Å². The molecule has 0 aromatic carbocycles. The zero-order valence-corrected chi connectivity index (χ0v) is 23.3. The molecule has 0 N–H and O–H groups in total. The van der Waals surface area contributed by atoms with Gasteiger partial charge in [0.1, 0.15) is 6.29 Å². The van der Waals surface area contributed by atoms with Gasteiger partial charge in [0.15, 0.2) is 5.79 Å². The summed E-state index contributed by atoms with van der Waals surface area (Å²) in [4.78, 5) is 13.3. The number of fused-ring (bicyclic) bond motifs is 5. The third kappa shape index (κ3) is 3.77. The number of hydrogen-bond acceptors (Lipinski definition) is 3. The molecule has 3 heteroatoms. The highest BCUT2D eigenvalue weighted by molar-refractivity contribution is 5.69. The van der Waals surface area contributed by atoms with Crippen LogP contribution >= 0.6 is 0 Å². The van der Waals surface area contributed by atoms with Crippen LogP contribution in [0.1, 0.15) is 105 Å². The normalized spacial score (nSPS) is 47.3. The van der Waals surface area contributed by atoms with Gasteiger partial charge in [-0.2, -0.15) is 0 Å². The van der Waals surface area contributed by atoms with Crippen molar-refractivity contribution in [2.45, 2.75) is 117 Å². The van der Waals surface area contributed by atoms with E-state index < -0.39 is 5.79 Å². The number of carbonyl (C=O) groups is 1. The Hall–Kier alpha value is -0.930. The Morgan fingerprint density at radius 3 is 2.40 bits per heavy atom. The van der Waals surface area contributed by atoms with E-state index >= 15 is 0 Å². The average Bonchev–Trinajstić information content (AvgIpc) is 3.19. The van der Waals surface area contributed by atoms with Crippen molar-refractivity contribution >= 4 is 6.29 Å². The molecule has 4 saturated carbocycles. The van der Waals surface area contributed by atoms with Gasteiger partial charge in [-0.05, 0) is 112 Å². The van der Waals surface area contributed by atoms with Gasteiger partial charge in [0.05, 0.1) is 11.5 Å². The van der Waals surface area contributed by atoms with Crippen molar-refractivity contribution in [3.63, 3.8) is 0 Å². The van der Waals surface area contributed by atoms with Crippen LogP contribution in [0.5, 0.6) is 0 Å². The molecular formula is C32H50O3. The van der Waals surface area contributed by atoms with Crippen molar-refractivity contribution in [1.82, 2.24) is 0 Å². The molecule has 35 heavy (non-hydrogen) atoms. The molecule has 0 heterocycles. The first-order chi connectivity index (χ1) is 16.8. The Bertz CT molecular complexity index is 866. The van der Waals surface area contributed by atoms with E-state index in [1.165, 1.54) is 62.4 Å². The van der Waals surface area contributed by atoms with E-state index in [-0.39, 0.29) is 11.5 Å². The van der Waals surface area contributed by atoms with Crippen LogP contribution in [-0.4, -0.2) is 25.3 Å². The van der Waals surface area contributed by atoms with Crippen molar-refractivity contribution < 1.29 is 14.3 Å². The average molecular weight is 483 g/mol. The van der Waals surface area contributed by atoms with Crippen LogP contribution in [0.25, 0.3) is 0 Å². The fourth-order valence-electron chi connectivity index (χ4n) is 10.2. The van der Waals surface area contributed by atoms with Gasteiger partial charge in [-0.3, -0.25) is 0 Å². The third-order valence-electron chi connectivity index (χ3n) is 12.0. The zero-order chi connectivity index (χ0) is 25.0. The van der Waals surface area contributed by atoms with Crippen LogP contribution in [0.4, 0.5) is 0 Å². The second kappa shape index (κ2) is 9.43. The Morgan fingerprint density at radius 1 is 1.00 bits per heavy atom. The molecule has 5 aliphatic carbocycles. The predicted molar refractivity (Wildman–Crippen MR) is 142 cm³/mol. The summed E-state index contributed by atoms with van der Waals surface area (Å²) < 4.78 is 12.9. The second-order valence-electron chi connectivity index (χ2n) is 13.4. The monoisotopic (exact) mass is 482 g/mol. The lowest BCUT2D eigenvalue weighted by Crippen LogP contribution is -2.58. The highest BCUT2D eigenvalue weighted by Gasteiger charge is 2.64. The highest BCUT2D eigenvalue weighted by atomic mass is 16.7. The molecule has 0 spiro atoms. The fraction of sp³-hybridized carbons (Fsp3) is 0.844. The van der Waals surface area contributed by atoms with Gasteiger partial charge in [0.25, 0.3) is 0 Å². The summed E-state index contributed by atoms with van der Waals surface area (Å²) in [6, 6.07) is 0. The standard InChI is InChI=1S/C32H50O3/c1-7-11-24-12-13-25-29-21(2)18-27-23(4)28(35-31(34-6)15-9-8-10-16-31)19-22(3)32(27,20-33)26(29)14-17-30(24,25)5/h7,11,20-22,24-26,28-29H,8-10,12-19H2,1-6H3/t21?,22?,24?,25-,26+,28?,29-,30+,32+/m0/s1. The molecule has 0 amide bonds. The van der Waals surface area contributed by atoms with Crippen LogP contribution < -0.4 is 0 Å². The SMILES string of the molecule is CC=CC1CC[C@H]2[C@@H]3C(C)CC4=C(C)C(OC5(OC)CCCCC5)CC(C)[C@]4(C=O)[C@@H]3CC[C@]12C. The van der Waals surface area contributed by atoms with E-state index in [9.17, 15) is 4.79 Å². The third-order valence-corrected chi connectivity index (χ3v) is 12.0. The smallest absolute Gasteiger partial charge is 0.168 e. The summed E-state index contributed by atoms with van der Waals surface area (Å²) in [6.07, 6.45) is 19.0. The molecular weight excluding hydrogens is 432 g/mol. The number of rotatable bonds is 5. The van der Waals surface area contributed by atoms with Gasteiger partial charge in [0.2, 0.25) is 0 Å². The number of ether oxygens (including phenoxy) is 2. The number of hydrogen-bond donors (Lipinski definition) is 0. The van der Waals surface area contributed by atoms with Crippen LogP contribution in [-0.2, 0) is 14.3 Å². The first kappa shape index (κ1) is 25.7. The van der Waals surface area contributed by atoms with Crippen LogP contribution in [0.15, 0.2) is 23.3 Å². The van der Waals surface area contributed by atoms with Gasteiger partial charge in [0, 0.05) is 20.0 Å². The zero-order valence-electron chi connectivity index (χ0n) is 23.3. The van der Waals surface area contributed by atoms with Crippen molar-refractivity contribution in [2.75, 3.05) is 7.11 Å². The molecule has 0 aliphatic heterocycles.